The lowest BCUT2D eigenvalue weighted by atomic mass is 10.2. The lowest BCUT2D eigenvalue weighted by Crippen LogP contribution is -2.04. The third kappa shape index (κ3) is 2.01. The van der Waals surface area contributed by atoms with Gasteiger partial charge in [-0.1, -0.05) is 0 Å². The number of rotatable bonds is 1. The molecule has 21 heavy (non-hydrogen) atoms. The number of aryl methyl sites for hydroxylation is 1. The number of benzene rings is 2. The highest BCUT2D eigenvalue weighted by Crippen LogP contribution is 2.28. The van der Waals surface area contributed by atoms with Crippen LogP contribution in [-0.2, 0) is 0 Å². The molecule has 3 rings (SSSR count). The van der Waals surface area contributed by atoms with Crippen molar-refractivity contribution in [3.05, 3.63) is 53.1 Å². The van der Waals surface area contributed by atoms with Crippen LogP contribution in [0.5, 0.6) is 0 Å². The van der Waals surface area contributed by atoms with Gasteiger partial charge in [-0.25, -0.2) is 22.5 Å². The normalized spacial score (nSPS) is 11.3. The largest absolute Gasteiger partial charge is 0.369 e. The smallest absolute Gasteiger partial charge is 0.206 e. The Kier molecular flexibility index (Phi) is 2.86. The van der Waals surface area contributed by atoms with Gasteiger partial charge in [0, 0.05) is 18.2 Å². The average molecular weight is 295 g/mol. The maximum atomic E-state index is 14.0. The van der Waals surface area contributed by atoms with E-state index in [4.69, 9.17) is 5.73 Å². The number of hydrogen-bond acceptors (Lipinski definition) is 2. The number of imidazole rings is 1. The number of nitrogens with two attached hydrogens (primary N) is 1. The van der Waals surface area contributed by atoms with Crippen molar-refractivity contribution in [1.82, 2.24) is 9.55 Å². The van der Waals surface area contributed by atoms with Crippen molar-refractivity contribution in [2.24, 2.45) is 0 Å². The van der Waals surface area contributed by atoms with Crippen LogP contribution in [0.3, 0.4) is 0 Å². The summed E-state index contributed by atoms with van der Waals surface area (Å²) in [7, 11) is 0. The third-order valence-corrected chi connectivity index (χ3v) is 3.17. The van der Waals surface area contributed by atoms with Gasteiger partial charge in [-0.05, 0) is 18.6 Å². The number of anilines is 1. The summed E-state index contributed by atoms with van der Waals surface area (Å²) in [6.07, 6.45) is 0. The first kappa shape index (κ1) is 13.4. The van der Waals surface area contributed by atoms with E-state index in [9.17, 15) is 17.6 Å². The molecule has 0 unspecified atom stereocenters. The van der Waals surface area contributed by atoms with Crippen LogP contribution in [0.25, 0.3) is 16.7 Å². The number of hydrogen-bond donors (Lipinski definition) is 1. The molecule has 0 radical (unpaired) electrons. The number of fused-ring (bicyclic) bond motifs is 1. The van der Waals surface area contributed by atoms with E-state index in [0.29, 0.717) is 6.07 Å². The Morgan fingerprint density at radius 3 is 2.38 bits per heavy atom. The minimum absolute atomic E-state index is 0.0767. The van der Waals surface area contributed by atoms with Crippen molar-refractivity contribution in [2.75, 3.05) is 5.73 Å². The Morgan fingerprint density at radius 2 is 1.67 bits per heavy atom. The Balaban J connectivity index is 2.40. The molecule has 0 aliphatic heterocycles. The Bertz CT molecular complexity index is 871. The average Bonchev–Trinajstić information content (AvgIpc) is 2.71. The van der Waals surface area contributed by atoms with Crippen LogP contribution >= 0.6 is 0 Å². The summed E-state index contributed by atoms with van der Waals surface area (Å²) in [6.45, 7) is 1.40. The monoisotopic (exact) mass is 295 g/mol. The first-order chi connectivity index (χ1) is 9.88. The Labute approximate surface area is 116 Å². The second-order valence-electron chi connectivity index (χ2n) is 4.61. The predicted molar refractivity (Wildman–Crippen MR) is 70.1 cm³/mol. The van der Waals surface area contributed by atoms with Crippen molar-refractivity contribution in [3.63, 3.8) is 0 Å². The van der Waals surface area contributed by atoms with Gasteiger partial charge in [0.25, 0.3) is 0 Å². The van der Waals surface area contributed by atoms with Crippen LogP contribution in [0.15, 0.2) is 24.3 Å². The van der Waals surface area contributed by atoms with E-state index in [0.717, 1.165) is 22.8 Å². The Hall–Kier alpha value is -2.57. The lowest BCUT2D eigenvalue weighted by Gasteiger charge is -2.09. The fourth-order valence-corrected chi connectivity index (χ4v) is 2.18. The summed E-state index contributed by atoms with van der Waals surface area (Å²) in [6, 6.07) is 3.49. The predicted octanol–water partition coefficient (Wildman–Crippen LogP) is 3.47. The standard InChI is InChI=1S/C14H9F4N3/c1-6-2-9(17)11(5-8(6)16)21-12-4-7(15)3-10(18)13(12)20-14(21)19/h2-5H,1H3,(H2,19,20). The van der Waals surface area contributed by atoms with Gasteiger partial charge >= 0.3 is 0 Å². The quantitative estimate of drug-likeness (QED) is 0.699. The van der Waals surface area contributed by atoms with E-state index in [1.807, 2.05) is 0 Å². The SMILES string of the molecule is Cc1cc(F)c(-n2c(N)nc3c(F)cc(F)cc32)cc1F. The van der Waals surface area contributed by atoms with Crippen molar-refractivity contribution < 1.29 is 17.6 Å². The molecule has 0 bridgehead atoms. The molecule has 0 fully saturated rings. The van der Waals surface area contributed by atoms with E-state index in [2.05, 4.69) is 4.98 Å². The molecule has 3 aromatic rings. The minimum Gasteiger partial charge on any atom is -0.369 e. The van der Waals surface area contributed by atoms with E-state index in [1.165, 1.54) is 6.92 Å². The molecule has 0 saturated heterocycles. The topological polar surface area (TPSA) is 43.8 Å². The number of nitrogens with zero attached hydrogens (tertiary/aromatic N) is 2. The van der Waals surface area contributed by atoms with Gasteiger partial charge in [0.2, 0.25) is 5.95 Å². The van der Waals surface area contributed by atoms with Crippen LogP contribution in [0.1, 0.15) is 5.56 Å². The van der Waals surface area contributed by atoms with Crippen LogP contribution in [0, 0.1) is 30.2 Å². The van der Waals surface area contributed by atoms with E-state index in [1.54, 1.807) is 0 Å². The van der Waals surface area contributed by atoms with Gasteiger partial charge in [-0.3, -0.25) is 4.57 Å². The van der Waals surface area contributed by atoms with Crippen molar-refractivity contribution in [2.45, 2.75) is 6.92 Å². The fraction of sp³-hybridized carbons (Fsp3) is 0.0714. The zero-order chi connectivity index (χ0) is 15.3. The van der Waals surface area contributed by atoms with Gasteiger partial charge < -0.3 is 5.73 Å². The molecule has 2 aromatic carbocycles. The molecule has 0 spiro atoms. The van der Waals surface area contributed by atoms with Gasteiger partial charge in [0.15, 0.2) is 5.82 Å². The van der Waals surface area contributed by atoms with Crippen molar-refractivity contribution in [1.29, 1.82) is 0 Å². The molecule has 2 N–H and O–H groups in total. The van der Waals surface area contributed by atoms with Crippen molar-refractivity contribution in [3.8, 4) is 5.69 Å². The third-order valence-electron chi connectivity index (χ3n) is 3.17. The summed E-state index contributed by atoms with van der Waals surface area (Å²) in [4.78, 5) is 3.73. The van der Waals surface area contributed by atoms with Gasteiger partial charge in [0.1, 0.15) is 23.0 Å². The molecule has 1 heterocycles. The Morgan fingerprint density at radius 1 is 0.952 bits per heavy atom. The first-order valence-electron chi connectivity index (χ1n) is 5.97. The van der Waals surface area contributed by atoms with Gasteiger partial charge in [-0.2, -0.15) is 0 Å². The second kappa shape index (κ2) is 4.47. The fourth-order valence-electron chi connectivity index (χ4n) is 2.18. The van der Waals surface area contributed by atoms with Gasteiger partial charge in [0.05, 0.1) is 11.2 Å². The van der Waals surface area contributed by atoms with Crippen LogP contribution in [-0.4, -0.2) is 9.55 Å². The summed E-state index contributed by atoms with van der Waals surface area (Å²) >= 11 is 0. The molecule has 0 amide bonds. The second-order valence-corrected chi connectivity index (χ2v) is 4.61. The maximum absolute atomic E-state index is 14.0. The summed E-state index contributed by atoms with van der Waals surface area (Å²) in [5, 5.41) is 0. The molecule has 7 heteroatoms. The number of aromatic nitrogens is 2. The number of nitrogen functional groups attached to an aromatic ring is 1. The summed E-state index contributed by atoms with van der Waals surface area (Å²) < 4.78 is 55.7. The molecule has 0 atom stereocenters. The van der Waals surface area contributed by atoms with Gasteiger partial charge in [-0.15, -0.1) is 0 Å². The minimum atomic E-state index is -0.927. The zero-order valence-corrected chi connectivity index (χ0v) is 10.8. The highest BCUT2D eigenvalue weighted by atomic mass is 19.1. The molecule has 108 valence electrons. The van der Waals surface area contributed by atoms with Crippen LogP contribution in [0.4, 0.5) is 23.5 Å². The number of halogens is 4. The molecule has 1 aromatic heterocycles. The van der Waals surface area contributed by atoms with Crippen LogP contribution in [0.2, 0.25) is 0 Å². The highest BCUT2D eigenvalue weighted by Gasteiger charge is 2.18. The first-order valence-corrected chi connectivity index (χ1v) is 5.97. The summed E-state index contributed by atoms with van der Waals surface area (Å²) in [5.41, 5.74) is 5.19. The summed E-state index contributed by atoms with van der Waals surface area (Å²) in [5.74, 6) is -3.50. The molecule has 0 aliphatic carbocycles. The molecular weight excluding hydrogens is 286 g/mol. The molecule has 0 aliphatic rings. The molecule has 0 saturated carbocycles. The van der Waals surface area contributed by atoms with E-state index in [-0.39, 0.29) is 28.2 Å². The zero-order valence-electron chi connectivity index (χ0n) is 10.8. The van der Waals surface area contributed by atoms with E-state index >= 15 is 0 Å². The highest BCUT2D eigenvalue weighted by molar-refractivity contribution is 5.81. The maximum Gasteiger partial charge on any atom is 0.206 e. The van der Waals surface area contributed by atoms with Crippen LogP contribution < -0.4 is 5.73 Å². The molecule has 3 nitrogen and oxygen atoms in total. The van der Waals surface area contributed by atoms with E-state index < -0.39 is 23.3 Å². The van der Waals surface area contributed by atoms with Crippen molar-refractivity contribution >= 4 is 17.0 Å². The molecular formula is C14H9F4N3. The lowest BCUT2D eigenvalue weighted by molar-refractivity contribution is 0.585.